The highest BCUT2D eigenvalue weighted by molar-refractivity contribution is 7.91. The molecule has 2 saturated carbocycles. The van der Waals surface area contributed by atoms with Crippen LogP contribution in [-0.2, 0) is 30.8 Å². The molecule has 0 radical (unpaired) electrons. The first-order valence-corrected chi connectivity index (χ1v) is 19.8. The van der Waals surface area contributed by atoms with Gasteiger partial charge in [-0.25, -0.2) is 18.2 Å². The number of hydrogen-bond acceptors (Lipinski definition) is 9. The average molecular weight is 738 g/mol. The molecule has 52 heavy (non-hydrogen) atoms. The zero-order valence-electron chi connectivity index (χ0n) is 29.7. The number of amides is 4. The lowest BCUT2D eigenvalue weighted by Gasteiger charge is -2.33. The molecular formula is C37H47N5O9S. The number of hydrogen-bond donors (Lipinski definition) is 4. The van der Waals surface area contributed by atoms with Gasteiger partial charge >= 0.3 is 6.09 Å². The van der Waals surface area contributed by atoms with Crippen molar-refractivity contribution >= 4 is 44.6 Å². The fourth-order valence-corrected chi connectivity index (χ4v) is 9.39. The molecule has 2 aliphatic carbocycles. The topological polar surface area (TPSA) is 193 Å². The Bertz CT molecular complexity index is 1930. The minimum absolute atomic E-state index is 0.0264. The molecule has 15 heteroatoms. The molecule has 0 spiro atoms. The van der Waals surface area contributed by atoms with Gasteiger partial charge in [-0.3, -0.25) is 19.1 Å². The number of allylic oxidation sites excluding steroid dienone is 1. The van der Waals surface area contributed by atoms with E-state index in [2.05, 4.69) is 27.3 Å². The molecule has 1 aromatic carbocycles. The standard InChI is InChI=1S/C37H47N5O9S/c1-4-22-17-21(2)7-5-6-8-24-19-37(24,34(45)41-52(48,49)36(3)13-14-36)40-31(43)28-18-25(20-42(28)33(44)29(22)39-35(46)47)51-32-27-10-9-23-12-16-50-30(23)26(27)11-15-38-32/h6,8-11,15,21-22,24-25,28-29,39H,4-5,7,12-14,16-20H2,1-3H3,(H,40,43)(H,41,45)(H,46,47)/b8-6-/t21-,22+,24+,25+,28-,29-,37+/m0/s1. The monoisotopic (exact) mass is 737 g/mol. The molecule has 4 heterocycles. The maximum Gasteiger partial charge on any atom is 0.405 e. The molecule has 7 rings (SSSR count). The predicted octanol–water partition coefficient (Wildman–Crippen LogP) is 3.43. The van der Waals surface area contributed by atoms with E-state index >= 15 is 0 Å². The van der Waals surface area contributed by atoms with Crippen LogP contribution in [0.3, 0.4) is 0 Å². The average Bonchev–Trinajstić information content (AvgIpc) is 3.88. The lowest BCUT2D eigenvalue weighted by molar-refractivity contribution is -0.142. The van der Waals surface area contributed by atoms with Crippen molar-refractivity contribution in [2.45, 2.75) is 107 Å². The van der Waals surface area contributed by atoms with Crippen LogP contribution in [0.4, 0.5) is 4.79 Å². The lowest BCUT2D eigenvalue weighted by atomic mass is 9.85. The summed E-state index contributed by atoms with van der Waals surface area (Å²) in [5.41, 5.74) is -0.450. The first kappa shape index (κ1) is 36.0. The van der Waals surface area contributed by atoms with Crippen molar-refractivity contribution in [3.8, 4) is 11.6 Å². The smallest absolute Gasteiger partial charge is 0.405 e. The summed E-state index contributed by atoms with van der Waals surface area (Å²) in [7, 11) is -4.00. The van der Waals surface area contributed by atoms with Gasteiger partial charge in [0.1, 0.15) is 29.5 Å². The van der Waals surface area contributed by atoms with Crippen LogP contribution in [0.15, 0.2) is 36.5 Å². The number of aromatic nitrogens is 1. The van der Waals surface area contributed by atoms with Gasteiger partial charge in [0, 0.05) is 35.7 Å². The van der Waals surface area contributed by atoms with Crippen LogP contribution < -0.4 is 24.8 Å². The number of carbonyl (C=O) groups is 4. The van der Waals surface area contributed by atoms with Crippen molar-refractivity contribution in [3.63, 3.8) is 0 Å². The normalized spacial score (nSPS) is 31.8. The Labute approximate surface area is 303 Å². The van der Waals surface area contributed by atoms with Crippen LogP contribution in [0.2, 0.25) is 0 Å². The van der Waals surface area contributed by atoms with Crippen molar-refractivity contribution in [2.24, 2.45) is 17.8 Å². The molecule has 4 N–H and O–H groups in total. The summed E-state index contributed by atoms with van der Waals surface area (Å²) in [6.07, 6.45) is 7.74. The van der Waals surface area contributed by atoms with Crippen LogP contribution in [-0.4, -0.2) is 88.8 Å². The lowest BCUT2D eigenvalue weighted by Crippen LogP contribution is -2.59. The number of nitrogens with one attached hydrogen (secondary N) is 3. The van der Waals surface area contributed by atoms with E-state index in [1.807, 2.05) is 37.3 Å². The number of fused-ring (bicyclic) bond motifs is 5. The van der Waals surface area contributed by atoms with E-state index in [-0.39, 0.29) is 31.2 Å². The molecule has 5 aliphatic rings. The van der Waals surface area contributed by atoms with Crippen molar-refractivity contribution in [3.05, 3.63) is 42.1 Å². The fraction of sp³-hybridized carbons (Fsp3) is 0.595. The summed E-state index contributed by atoms with van der Waals surface area (Å²) in [5.74, 6) is -1.61. The van der Waals surface area contributed by atoms with E-state index in [1.165, 1.54) is 4.90 Å². The van der Waals surface area contributed by atoms with Crippen LogP contribution in [0, 0.1) is 17.8 Å². The Morgan fingerprint density at radius 1 is 1.17 bits per heavy atom. The van der Waals surface area contributed by atoms with E-state index in [0.29, 0.717) is 50.0 Å². The quantitative estimate of drug-likeness (QED) is 0.306. The van der Waals surface area contributed by atoms with Gasteiger partial charge in [-0.1, -0.05) is 38.5 Å². The number of carbonyl (C=O) groups excluding carboxylic acids is 3. The zero-order chi connectivity index (χ0) is 37.0. The molecule has 0 unspecified atom stereocenters. The minimum atomic E-state index is -4.00. The Hall–Kier alpha value is -4.40. The number of nitrogens with zero attached hydrogens (tertiary/aromatic N) is 2. The Balaban J connectivity index is 1.22. The Kier molecular flexibility index (Phi) is 9.37. The van der Waals surface area contributed by atoms with E-state index in [9.17, 15) is 32.7 Å². The van der Waals surface area contributed by atoms with Crippen LogP contribution >= 0.6 is 0 Å². The maximum atomic E-state index is 14.5. The Morgan fingerprint density at radius 3 is 2.69 bits per heavy atom. The van der Waals surface area contributed by atoms with Crippen LogP contribution in [0.5, 0.6) is 11.6 Å². The second-order valence-electron chi connectivity index (χ2n) is 15.4. The van der Waals surface area contributed by atoms with E-state index < -0.39 is 68.2 Å². The zero-order valence-corrected chi connectivity index (χ0v) is 30.5. The van der Waals surface area contributed by atoms with Gasteiger partial charge in [0.2, 0.25) is 27.7 Å². The van der Waals surface area contributed by atoms with E-state index in [0.717, 1.165) is 29.5 Å². The minimum Gasteiger partial charge on any atom is -0.492 e. The number of sulfonamides is 1. The van der Waals surface area contributed by atoms with Crippen LogP contribution in [0.1, 0.15) is 77.7 Å². The summed E-state index contributed by atoms with van der Waals surface area (Å²) in [6.45, 7) is 6.08. The second kappa shape index (κ2) is 13.5. The number of ether oxygens (including phenoxy) is 2. The third kappa shape index (κ3) is 6.67. The third-order valence-electron chi connectivity index (χ3n) is 11.7. The first-order valence-electron chi connectivity index (χ1n) is 18.3. The van der Waals surface area contributed by atoms with Crippen LogP contribution in [0.25, 0.3) is 10.8 Å². The summed E-state index contributed by atoms with van der Waals surface area (Å²) < 4.78 is 39.8. The van der Waals surface area contributed by atoms with Crippen molar-refractivity contribution in [1.29, 1.82) is 0 Å². The Morgan fingerprint density at radius 2 is 1.96 bits per heavy atom. The van der Waals surface area contributed by atoms with E-state index in [4.69, 9.17) is 9.47 Å². The molecule has 7 atom stereocenters. The summed E-state index contributed by atoms with van der Waals surface area (Å²) in [4.78, 5) is 60.7. The van der Waals surface area contributed by atoms with Gasteiger partial charge in [-0.15, -0.1) is 0 Å². The first-order chi connectivity index (χ1) is 24.7. The molecule has 280 valence electrons. The molecule has 1 aromatic heterocycles. The van der Waals surface area contributed by atoms with Gasteiger partial charge in [-0.05, 0) is 75.0 Å². The van der Waals surface area contributed by atoms with Gasteiger partial charge in [-0.2, -0.15) is 0 Å². The van der Waals surface area contributed by atoms with Gasteiger partial charge in [0.25, 0.3) is 5.91 Å². The van der Waals surface area contributed by atoms with Crippen molar-refractivity contribution in [1.82, 2.24) is 25.2 Å². The maximum absolute atomic E-state index is 14.5. The van der Waals surface area contributed by atoms with Gasteiger partial charge in [0.05, 0.1) is 17.9 Å². The second-order valence-corrected chi connectivity index (χ2v) is 17.6. The molecule has 1 saturated heterocycles. The highest BCUT2D eigenvalue weighted by Crippen LogP contribution is 2.48. The predicted molar refractivity (Wildman–Crippen MR) is 190 cm³/mol. The molecular weight excluding hydrogens is 691 g/mol. The molecule has 3 fully saturated rings. The molecule has 4 amide bonds. The summed E-state index contributed by atoms with van der Waals surface area (Å²) in [6, 6.07) is 3.45. The number of pyridine rings is 1. The van der Waals surface area contributed by atoms with E-state index in [1.54, 1.807) is 13.1 Å². The molecule has 2 aromatic rings. The molecule has 3 aliphatic heterocycles. The van der Waals surface area contributed by atoms with Crippen molar-refractivity contribution < 1.29 is 42.2 Å². The SMILES string of the molecule is CC[C@@H]1C[C@@H](C)CC/C=C\[C@@H]2C[C@@]2(C(=O)NS(=O)(=O)C2(C)CC2)NC(=O)[C@@H]2C[C@@H](Oc3nccc4c5c(ccc34)CCO5)CN2C(=O)[C@H]1NC(=O)O. The largest absolute Gasteiger partial charge is 0.492 e. The highest BCUT2D eigenvalue weighted by Gasteiger charge is 2.63. The molecule has 14 nitrogen and oxygen atoms in total. The summed E-state index contributed by atoms with van der Waals surface area (Å²) in [5, 5.41) is 16.7. The third-order valence-corrected chi connectivity index (χ3v) is 13.9. The number of carboxylic acid groups (broad SMARTS) is 1. The fourth-order valence-electron chi connectivity index (χ4n) is 8.08. The number of rotatable bonds is 7. The van der Waals surface area contributed by atoms with Gasteiger partial charge < -0.3 is 30.1 Å². The van der Waals surface area contributed by atoms with Gasteiger partial charge in [0.15, 0.2) is 0 Å². The highest BCUT2D eigenvalue weighted by atomic mass is 32.2. The summed E-state index contributed by atoms with van der Waals surface area (Å²) >= 11 is 0. The number of benzene rings is 1. The molecule has 0 bridgehead atoms. The van der Waals surface area contributed by atoms with Crippen molar-refractivity contribution in [2.75, 3.05) is 13.2 Å².